The molecule has 0 aliphatic heterocycles. The van der Waals surface area contributed by atoms with Crippen molar-refractivity contribution in [1.82, 2.24) is 10.2 Å². The number of imide groups is 1. The Hall–Kier alpha value is -3.59. The van der Waals surface area contributed by atoms with Gasteiger partial charge in [0.05, 0.1) is 23.2 Å². The molecule has 7 N–H and O–H groups in total. The van der Waals surface area contributed by atoms with Crippen molar-refractivity contribution in [2.45, 2.75) is 30.6 Å². The molecule has 2 saturated carbocycles. The van der Waals surface area contributed by atoms with Gasteiger partial charge in [0.2, 0.25) is 11.8 Å². The fraction of sp³-hybridized carbons (Fsp3) is 0.538. The molecule has 3 aliphatic rings. The summed E-state index contributed by atoms with van der Waals surface area (Å²) in [5.41, 5.74) is 3.02. The number of fused-ring (bicyclic) bond motifs is 3. The summed E-state index contributed by atoms with van der Waals surface area (Å²) in [5, 5.41) is 38.2. The number of amides is 4. The van der Waals surface area contributed by atoms with Crippen molar-refractivity contribution < 1.29 is 44.1 Å². The maximum absolute atomic E-state index is 14.0. The molecule has 3 unspecified atom stereocenters. The summed E-state index contributed by atoms with van der Waals surface area (Å²) in [6, 6.07) is -0.767. The van der Waals surface area contributed by atoms with Crippen LogP contribution in [0.4, 0.5) is 16.2 Å². The second-order valence-corrected chi connectivity index (χ2v) is 11.4. The topological polar surface area (TPSA) is 220 Å². The van der Waals surface area contributed by atoms with Crippen LogP contribution in [0.5, 0.6) is 5.75 Å². The number of aliphatic hydroxyl groups is 2. The summed E-state index contributed by atoms with van der Waals surface area (Å²) in [7, 11) is 6.39. The maximum atomic E-state index is 14.0. The van der Waals surface area contributed by atoms with E-state index in [1.54, 1.807) is 19.0 Å². The van der Waals surface area contributed by atoms with E-state index in [-0.39, 0.29) is 24.1 Å². The molecule has 1 aromatic rings. The number of halogens is 1. The lowest BCUT2D eigenvalue weighted by atomic mass is 9.51. The highest BCUT2D eigenvalue weighted by molar-refractivity contribution is 6.28. The number of nitrogens with zero attached hydrogens (tertiary/aromatic N) is 2. The summed E-state index contributed by atoms with van der Waals surface area (Å²) in [6.45, 7) is 0. The van der Waals surface area contributed by atoms with Crippen molar-refractivity contribution in [3.63, 3.8) is 0 Å². The number of Topliss-reactive ketones (excluding diaryl/α,β-unsaturated/α-hetero) is 3. The Morgan fingerprint density at radius 2 is 1.80 bits per heavy atom. The number of benzene rings is 1. The molecule has 1 aromatic carbocycles. The van der Waals surface area contributed by atoms with E-state index >= 15 is 0 Å². The van der Waals surface area contributed by atoms with Crippen LogP contribution >= 0.6 is 11.6 Å². The summed E-state index contributed by atoms with van der Waals surface area (Å²) in [6.07, 6.45) is -2.14. The van der Waals surface area contributed by atoms with Gasteiger partial charge in [-0.1, -0.05) is 0 Å². The molecule has 0 bridgehead atoms. The smallest absolute Gasteiger partial charge is 0.326 e. The van der Waals surface area contributed by atoms with Gasteiger partial charge in [0, 0.05) is 25.7 Å². The SMILES string of the molecule is CN(C)c1cc(NC(=O)NC(=O)CCl)c(O)c2c1C[C@H]1C[C@H]3[C@H](N(C)C)C(=O)C(C(N)=O)C(O)[C@@]3(O)C(=O)C1C2=O. The number of aromatic hydroxyl groups is 1. The van der Waals surface area contributed by atoms with Crippen LogP contribution in [0.2, 0.25) is 0 Å². The third-order valence-corrected chi connectivity index (χ3v) is 8.61. The first-order valence-electron chi connectivity index (χ1n) is 12.8. The van der Waals surface area contributed by atoms with Crippen LogP contribution in [0.15, 0.2) is 6.07 Å². The zero-order valence-electron chi connectivity index (χ0n) is 22.8. The van der Waals surface area contributed by atoms with Gasteiger partial charge in [0.25, 0.3) is 0 Å². The van der Waals surface area contributed by atoms with Crippen molar-refractivity contribution in [3.8, 4) is 5.75 Å². The number of likely N-dealkylation sites (N-methyl/N-ethyl adjacent to an activating group) is 1. The summed E-state index contributed by atoms with van der Waals surface area (Å²) in [5.74, 6) is -11.1. The quantitative estimate of drug-likeness (QED) is 0.133. The molecular weight excluding hydrogens is 562 g/mol. The van der Waals surface area contributed by atoms with Crippen molar-refractivity contribution >= 4 is 58.2 Å². The van der Waals surface area contributed by atoms with E-state index in [1.807, 2.05) is 5.32 Å². The molecule has 7 atom stereocenters. The van der Waals surface area contributed by atoms with Gasteiger partial charge in [-0.15, -0.1) is 11.6 Å². The number of anilines is 2. The molecule has 4 amide bonds. The number of nitrogens with two attached hydrogens (primary N) is 1. The molecule has 41 heavy (non-hydrogen) atoms. The molecule has 0 saturated heterocycles. The molecule has 0 heterocycles. The number of carbonyl (C=O) groups excluding carboxylic acids is 6. The summed E-state index contributed by atoms with van der Waals surface area (Å²) < 4.78 is 0. The standard InChI is InChI=1S/C26H32ClN5O9/c1-31(2)13-7-12(29-25(40)30-14(33)8-27)19(34)16-10(13)5-9-6-11-18(32(3)4)21(36)17(24(28)39)23(38)26(11,41)22(37)15(9)20(16)35/h7,9,11,15,17-18,23,34,38,41H,5-6,8H2,1-4H3,(H2,28,39)(H2,29,30,33,40)/t9-,11-,15?,17?,18-,23?,26-/m0/s1. The first-order valence-corrected chi connectivity index (χ1v) is 13.3. The van der Waals surface area contributed by atoms with Gasteiger partial charge >= 0.3 is 6.03 Å². The highest BCUT2D eigenvalue weighted by Gasteiger charge is 2.69. The number of phenolic OH excluding ortho intramolecular Hbond substituents is 1. The van der Waals surface area contributed by atoms with Crippen molar-refractivity contribution in [3.05, 3.63) is 17.2 Å². The van der Waals surface area contributed by atoms with Crippen LogP contribution in [-0.2, 0) is 25.6 Å². The number of alkyl halides is 1. The molecule has 14 nitrogen and oxygen atoms in total. The number of aliphatic hydroxyl groups excluding tert-OH is 1. The van der Waals surface area contributed by atoms with Gasteiger partial charge in [0.15, 0.2) is 23.0 Å². The number of primary amides is 1. The minimum Gasteiger partial charge on any atom is -0.505 e. The first-order chi connectivity index (χ1) is 19.1. The lowest BCUT2D eigenvalue weighted by molar-refractivity contribution is -0.203. The van der Waals surface area contributed by atoms with Crippen LogP contribution in [0.1, 0.15) is 22.3 Å². The van der Waals surface area contributed by atoms with Crippen LogP contribution in [0.25, 0.3) is 0 Å². The Labute approximate surface area is 239 Å². The predicted molar refractivity (Wildman–Crippen MR) is 145 cm³/mol. The lowest BCUT2D eigenvalue weighted by Crippen LogP contribution is -2.75. The van der Waals surface area contributed by atoms with Gasteiger partial charge in [-0.05, 0) is 44.5 Å². The summed E-state index contributed by atoms with van der Waals surface area (Å²) in [4.78, 5) is 80.3. The lowest BCUT2D eigenvalue weighted by Gasteiger charge is -2.55. The average molecular weight is 594 g/mol. The molecule has 0 aromatic heterocycles. The van der Waals surface area contributed by atoms with Gasteiger partial charge in [-0.3, -0.25) is 34.2 Å². The number of rotatable bonds is 5. The highest BCUT2D eigenvalue weighted by Crippen LogP contribution is 2.53. The fourth-order valence-electron chi connectivity index (χ4n) is 6.65. The van der Waals surface area contributed by atoms with Gasteiger partial charge in [-0.2, -0.15) is 0 Å². The second kappa shape index (κ2) is 10.7. The van der Waals surface area contributed by atoms with E-state index in [0.717, 1.165) is 0 Å². The largest absolute Gasteiger partial charge is 0.505 e. The Balaban J connectivity index is 1.84. The third-order valence-electron chi connectivity index (χ3n) is 8.36. The maximum Gasteiger partial charge on any atom is 0.326 e. The molecule has 0 radical (unpaired) electrons. The molecular formula is C26H32ClN5O9. The number of hydrogen-bond acceptors (Lipinski definition) is 11. The van der Waals surface area contributed by atoms with Crippen LogP contribution < -0.4 is 21.3 Å². The fourth-order valence-corrected chi connectivity index (χ4v) is 6.72. The average Bonchev–Trinajstić information content (AvgIpc) is 2.87. The van der Waals surface area contributed by atoms with E-state index in [4.69, 9.17) is 17.3 Å². The number of hydrogen-bond donors (Lipinski definition) is 6. The van der Waals surface area contributed by atoms with Crippen LogP contribution in [0.3, 0.4) is 0 Å². The summed E-state index contributed by atoms with van der Waals surface area (Å²) >= 11 is 5.41. The molecule has 3 aliphatic carbocycles. The van der Waals surface area contributed by atoms with E-state index < -0.39 is 88.2 Å². The third kappa shape index (κ3) is 4.64. The minimum atomic E-state index is -2.66. The monoisotopic (exact) mass is 593 g/mol. The predicted octanol–water partition coefficient (Wildman–Crippen LogP) is -1.39. The van der Waals surface area contributed by atoms with Crippen molar-refractivity contribution in [2.75, 3.05) is 44.3 Å². The van der Waals surface area contributed by atoms with Gasteiger partial charge < -0.3 is 31.3 Å². The minimum absolute atomic E-state index is 0.0359. The number of nitrogens with one attached hydrogen (secondary N) is 2. The van der Waals surface area contributed by atoms with E-state index in [1.165, 1.54) is 25.1 Å². The second-order valence-electron chi connectivity index (χ2n) is 11.1. The highest BCUT2D eigenvalue weighted by atomic mass is 35.5. The van der Waals surface area contributed by atoms with E-state index in [2.05, 4.69) is 5.32 Å². The van der Waals surface area contributed by atoms with Crippen LogP contribution in [0, 0.1) is 23.7 Å². The Morgan fingerprint density at radius 1 is 1.17 bits per heavy atom. The zero-order valence-corrected chi connectivity index (χ0v) is 23.6. The number of urea groups is 1. The molecule has 222 valence electrons. The molecule has 2 fully saturated rings. The number of phenols is 1. The molecule has 4 rings (SSSR count). The van der Waals surface area contributed by atoms with E-state index in [9.17, 15) is 44.1 Å². The molecule has 15 heteroatoms. The molecule has 0 spiro atoms. The van der Waals surface area contributed by atoms with Crippen molar-refractivity contribution in [2.24, 2.45) is 29.4 Å². The first kappa shape index (κ1) is 30.4. The Bertz CT molecular complexity index is 1370. The zero-order chi connectivity index (χ0) is 30.7. The van der Waals surface area contributed by atoms with Gasteiger partial charge in [-0.25, -0.2) is 4.79 Å². The Morgan fingerprint density at radius 3 is 2.34 bits per heavy atom. The van der Waals surface area contributed by atoms with Crippen LogP contribution in [-0.4, -0.2) is 107 Å². The van der Waals surface area contributed by atoms with Gasteiger partial charge in [0.1, 0.15) is 23.7 Å². The number of ketones is 3. The normalized spacial score (nSPS) is 30.7. The Kier molecular flexibility index (Phi) is 7.90. The van der Waals surface area contributed by atoms with Crippen molar-refractivity contribution in [1.29, 1.82) is 0 Å². The van der Waals surface area contributed by atoms with E-state index in [0.29, 0.717) is 11.3 Å². The number of carbonyl (C=O) groups is 6.